The van der Waals surface area contributed by atoms with Gasteiger partial charge < -0.3 is 14.8 Å². The molecule has 1 N–H and O–H groups in total. The summed E-state index contributed by atoms with van der Waals surface area (Å²) in [6.45, 7) is 0.0801. The Bertz CT molecular complexity index is 1010. The van der Waals surface area contributed by atoms with Crippen LogP contribution in [0.2, 0.25) is 5.02 Å². The van der Waals surface area contributed by atoms with Crippen molar-refractivity contribution in [1.29, 1.82) is 0 Å². The Morgan fingerprint density at radius 2 is 2.11 bits per heavy atom. The molecule has 0 saturated carbocycles. The van der Waals surface area contributed by atoms with Crippen molar-refractivity contribution >= 4 is 62.1 Å². The van der Waals surface area contributed by atoms with Crippen molar-refractivity contribution in [3.63, 3.8) is 0 Å². The van der Waals surface area contributed by atoms with Gasteiger partial charge >= 0.3 is 0 Å². The summed E-state index contributed by atoms with van der Waals surface area (Å²) in [6, 6.07) is 10.6. The van der Waals surface area contributed by atoms with E-state index in [9.17, 15) is 4.79 Å². The largest absolute Gasteiger partial charge is 0.493 e. The first-order chi connectivity index (χ1) is 13.5. The summed E-state index contributed by atoms with van der Waals surface area (Å²) in [5.74, 6) is 3.15. The highest BCUT2D eigenvalue weighted by Gasteiger charge is 2.25. The number of rotatable bonds is 5. The second-order valence-electron chi connectivity index (χ2n) is 5.48. The SMILES string of the molecule is C#CCOc1c(/C=C2/SC(=Nc3ccc(Cl)cc3)NC2=O)cc(Br)cc1OC. The molecule has 2 aromatic rings. The van der Waals surface area contributed by atoms with E-state index in [-0.39, 0.29) is 12.5 Å². The summed E-state index contributed by atoms with van der Waals surface area (Å²) >= 11 is 10.5. The smallest absolute Gasteiger partial charge is 0.264 e. The number of amidine groups is 1. The first-order valence-electron chi connectivity index (χ1n) is 7.99. The molecule has 1 amide bonds. The highest BCUT2D eigenvalue weighted by molar-refractivity contribution is 9.10. The van der Waals surface area contributed by atoms with Crippen LogP contribution in [0.4, 0.5) is 5.69 Å². The van der Waals surface area contributed by atoms with Crippen LogP contribution >= 0.6 is 39.3 Å². The molecule has 142 valence electrons. The number of thioether (sulfide) groups is 1. The number of methoxy groups -OCH3 is 1. The maximum Gasteiger partial charge on any atom is 0.264 e. The molecule has 1 fully saturated rings. The lowest BCUT2D eigenvalue weighted by Crippen LogP contribution is -2.19. The predicted molar refractivity (Wildman–Crippen MR) is 117 cm³/mol. The number of carbonyl (C=O) groups excluding carboxylic acids is 1. The van der Waals surface area contributed by atoms with Gasteiger partial charge in [-0.05, 0) is 54.2 Å². The Labute approximate surface area is 180 Å². The first-order valence-corrected chi connectivity index (χ1v) is 9.98. The standard InChI is InChI=1S/C20H14BrClN2O3S/c1-3-8-27-18-12(9-13(21)11-16(18)26-2)10-17-19(25)24-20(28-17)23-15-6-4-14(22)5-7-15/h1,4-7,9-11H,8H2,2H3,(H,23,24,25)/b17-10+. The Morgan fingerprint density at radius 3 is 2.79 bits per heavy atom. The van der Waals surface area contributed by atoms with Gasteiger partial charge in [0.2, 0.25) is 0 Å². The van der Waals surface area contributed by atoms with Gasteiger partial charge in [-0.15, -0.1) is 6.42 Å². The number of halogens is 2. The molecule has 5 nitrogen and oxygen atoms in total. The number of hydrogen-bond donors (Lipinski definition) is 1. The third-order valence-corrected chi connectivity index (χ3v) is 5.18. The van der Waals surface area contributed by atoms with E-state index in [2.05, 4.69) is 32.2 Å². The fourth-order valence-electron chi connectivity index (χ4n) is 2.37. The number of amides is 1. The number of carbonyl (C=O) groups is 1. The van der Waals surface area contributed by atoms with Gasteiger partial charge in [0.1, 0.15) is 6.61 Å². The number of ether oxygens (including phenoxy) is 2. The van der Waals surface area contributed by atoms with Crippen LogP contribution in [0.25, 0.3) is 6.08 Å². The molecule has 1 aliphatic heterocycles. The molecule has 28 heavy (non-hydrogen) atoms. The average molecular weight is 478 g/mol. The third-order valence-electron chi connectivity index (χ3n) is 3.56. The molecule has 0 spiro atoms. The van der Waals surface area contributed by atoms with Crippen molar-refractivity contribution in [2.45, 2.75) is 0 Å². The molecule has 0 aliphatic carbocycles. The molecule has 0 radical (unpaired) electrons. The van der Waals surface area contributed by atoms with E-state index in [1.54, 1.807) is 36.4 Å². The normalized spacial score (nSPS) is 16.1. The minimum absolute atomic E-state index is 0.0801. The van der Waals surface area contributed by atoms with Crippen molar-refractivity contribution < 1.29 is 14.3 Å². The van der Waals surface area contributed by atoms with E-state index in [0.717, 1.165) is 4.47 Å². The third kappa shape index (κ3) is 4.90. The number of nitrogens with zero attached hydrogens (tertiary/aromatic N) is 1. The van der Waals surface area contributed by atoms with Crippen molar-refractivity contribution in [3.8, 4) is 23.8 Å². The van der Waals surface area contributed by atoms with E-state index in [1.165, 1.54) is 18.9 Å². The van der Waals surface area contributed by atoms with Gasteiger partial charge in [-0.2, -0.15) is 0 Å². The van der Waals surface area contributed by atoms with Gasteiger partial charge in [0.05, 0.1) is 17.7 Å². The summed E-state index contributed by atoms with van der Waals surface area (Å²) in [7, 11) is 1.54. The fraction of sp³-hybridized carbons (Fsp3) is 0.100. The number of hydrogen-bond acceptors (Lipinski definition) is 5. The monoisotopic (exact) mass is 476 g/mol. The first kappa shape index (κ1) is 20.3. The van der Waals surface area contributed by atoms with Gasteiger partial charge in [-0.25, -0.2) is 4.99 Å². The zero-order chi connectivity index (χ0) is 20.1. The fourth-order valence-corrected chi connectivity index (χ4v) is 3.78. The molecule has 0 atom stereocenters. The predicted octanol–water partition coefficient (Wildman–Crippen LogP) is 5.01. The molecule has 1 aliphatic rings. The number of benzene rings is 2. The number of nitrogens with one attached hydrogen (secondary N) is 1. The van der Waals surface area contributed by atoms with Crippen LogP contribution in [0.5, 0.6) is 11.5 Å². The maximum absolute atomic E-state index is 12.4. The highest BCUT2D eigenvalue weighted by atomic mass is 79.9. The summed E-state index contributed by atoms with van der Waals surface area (Å²) < 4.78 is 11.8. The van der Waals surface area contributed by atoms with Crippen LogP contribution < -0.4 is 14.8 Å². The Kier molecular flexibility index (Phi) is 6.68. The van der Waals surface area contributed by atoms with Gasteiger partial charge in [0.15, 0.2) is 16.7 Å². The molecule has 0 aromatic heterocycles. The quantitative estimate of drug-likeness (QED) is 0.485. The minimum atomic E-state index is -0.250. The van der Waals surface area contributed by atoms with Gasteiger partial charge in [0, 0.05) is 15.1 Å². The van der Waals surface area contributed by atoms with E-state index in [1.807, 2.05) is 6.07 Å². The Morgan fingerprint density at radius 1 is 1.36 bits per heavy atom. The van der Waals surface area contributed by atoms with Crippen molar-refractivity contribution in [2.75, 3.05) is 13.7 Å². The molecule has 2 aromatic carbocycles. The molecule has 1 saturated heterocycles. The van der Waals surface area contributed by atoms with Crippen LogP contribution in [0.3, 0.4) is 0 Å². The second kappa shape index (κ2) is 9.20. The molecular weight excluding hydrogens is 464 g/mol. The van der Waals surface area contributed by atoms with Crippen LogP contribution in [0.1, 0.15) is 5.56 Å². The topological polar surface area (TPSA) is 59.9 Å². The summed E-state index contributed by atoms with van der Waals surface area (Å²) in [5, 5.41) is 3.85. The highest BCUT2D eigenvalue weighted by Crippen LogP contribution is 2.38. The van der Waals surface area contributed by atoms with Gasteiger partial charge in [-0.3, -0.25) is 4.79 Å². The summed E-state index contributed by atoms with van der Waals surface area (Å²) in [5.41, 5.74) is 1.35. The minimum Gasteiger partial charge on any atom is -0.493 e. The van der Waals surface area contributed by atoms with Crippen LogP contribution in [0.15, 0.2) is 50.8 Å². The second-order valence-corrected chi connectivity index (χ2v) is 7.86. The maximum atomic E-state index is 12.4. The molecular formula is C20H14BrClN2O3S. The molecule has 3 rings (SSSR count). The van der Waals surface area contributed by atoms with E-state index in [0.29, 0.717) is 37.8 Å². The van der Waals surface area contributed by atoms with Crippen LogP contribution in [-0.4, -0.2) is 24.8 Å². The zero-order valence-electron chi connectivity index (χ0n) is 14.7. The summed E-state index contributed by atoms with van der Waals surface area (Å²) in [4.78, 5) is 17.3. The zero-order valence-corrected chi connectivity index (χ0v) is 17.8. The van der Waals surface area contributed by atoms with E-state index >= 15 is 0 Å². The average Bonchev–Trinajstić information content (AvgIpc) is 3.01. The summed E-state index contributed by atoms with van der Waals surface area (Å²) in [6.07, 6.45) is 7.01. The van der Waals surface area contributed by atoms with Crippen LogP contribution in [-0.2, 0) is 4.79 Å². The lowest BCUT2D eigenvalue weighted by Gasteiger charge is -2.12. The van der Waals surface area contributed by atoms with Crippen molar-refractivity contribution in [1.82, 2.24) is 5.32 Å². The molecule has 8 heteroatoms. The Hall–Kier alpha value is -2.40. The van der Waals surface area contributed by atoms with Crippen molar-refractivity contribution in [2.24, 2.45) is 4.99 Å². The molecule has 1 heterocycles. The molecule has 0 unspecified atom stereocenters. The van der Waals surface area contributed by atoms with Crippen molar-refractivity contribution in [3.05, 3.63) is 56.4 Å². The number of terminal acetylenes is 1. The number of aliphatic imine (C=N–C) groups is 1. The van der Waals surface area contributed by atoms with E-state index in [4.69, 9.17) is 27.5 Å². The van der Waals surface area contributed by atoms with Crippen LogP contribution in [0, 0.1) is 12.3 Å². The van der Waals surface area contributed by atoms with Gasteiger partial charge in [0.25, 0.3) is 5.91 Å². The van der Waals surface area contributed by atoms with Gasteiger partial charge in [-0.1, -0.05) is 33.5 Å². The van der Waals surface area contributed by atoms with E-state index < -0.39 is 0 Å². The lowest BCUT2D eigenvalue weighted by molar-refractivity contribution is -0.115. The Balaban J connectivity index is 1.93. The molecule has 0 bridgehead atoms. The lowest BCUT2D eigenvalue weighted by atomic mass is 10.1.